The minimum Gasteiger partial charge on any atom is -0.497 e. The summed E-state index contributed by atoms with van der Waals surface area (Å²) in [6, 6.07) is 7.22. The van der Waals surface area contributed by atoms with E-state index in [2.05, 4.69) is 9.97 Å². The van der Waals surface area contributed by atoms with E-state index in [1.165, 1.54) is 0 Å². The number of nitrogens with two attached hydrogens (primary N) is 1. The summed E-state index contributed by atoms with van der Waals surface area (Å²) in [7, 11) is 1.60. The number of rotatable bonds is 2. The van der Waals surface area contributed by atoms with E-state index in [9.17, 15) is 4.79 Å². The summed E-state index contributed by atoms with van der Waals surface area (Å²) in [6.07, 6.45) is 0. The van der Waals surface area contributed by atoms with E-state index in [1.54, 1.807) is 26.2 Å². The summed E-state index contributed by atoms with van der Waals surface area (Å²) in [4.78, 5) is 18.3. The van der Waals surface area contributed by atoms with Crippen molar-refractivity contribution < 1.29 is 4.74 Å². The number of halogens is 1. The molecule has 0 amide bonds. The average Bonchev–Trinajstić information content (AvgIpc) is 2.28. The van der Waals surface area contributed by atoms with Crippen molar-refractivity contribution in [2.45, 2.75) is 6.92 Å². The van der Waals surface area contributed by atoms with Gasteiger partial charge < -0.3 is 10.5 Å². The van der Waals surface area contributed by atoms with Gasteiger partial charge in [0, 0.05) is 0 Å². The van der Waals surface area contributed by atoms with Gasteiger partial charge in [-0.1, -0.05) is 12.1 Å². The number of methoxy groups -OCH3 is 1. The standard InChI is InChI=1S/C12H13N3O2.ClH/c1-7-10(11(16)15-12(13)14-7)8-3-5-9(17-2)6-4-8;/h3-6H,1-2H3,(H3,13,14,15,16);1H. The van der Waals surface area contributed by atoms with Gasteiger partial charge in [-0.05, 0) is 24.6 Å². The Kier molecular flexibility index (Phi) is 4.33. The van der Waals surface area contributed by atoms with Gasteiger partial charge in [-0.3, -0.25) is 9.78 Å². The lowest BCUT2D eigenvalue weighted by atomic mass is 10.1. The fourth-order valence-electron chi connectivity index (χ4n) is 1.71. The molecule has 96 valence electrons. The van der Waals surface area contributed by atoms with Crippen LogP contribution >= 0.6 is 12.4 Å². The fraction of sp³-hybridized carbons (Fsp3) is 0.167. The second kappa shape index (κ2) is 5.55. The number of nitrogens with one attached hydrogen (secondary N) is 1. The maximum absolute atomic E-state index is 11.8. The molecule has 5 nitrogen and oxygen atoms in total. The molecule has 0 fully saturated rings. The molecule has 0 aliphatic rings. The number of nitrogen functional groups attached to an aromatic ring is 1. The quantitative estimate of drug-likeness (QED) is 0.869. The molecule has 0 saturated heterocycles. The Morgan fingerprint density at radius 3 is 2.39 bits per heavy atom. The zero-order valence-corrected chi connectivity index (χ0v) is 10.9. The molecule has 0 aliphatic heterocycles. The zero-order valence-electron chi connectivity index (χ0n) is 10.1. The molecule has 1 aromatic heterocycles. The first-order chi connectivity index (χ1) is 8.11. The number of nitrogens with zero attached hydrogens (tertiary/aromatic N) is 1. The molecule has 0 atom stereocenters. The van der Waals surface area contributed by atoms with E-state index in [1.807, 2.05) is 12.1 Å². The predicted octanol–water partition coefficient (Wildman–Crippen LogP) is 1.76. The van der Waals surface area contributed by atoms with Crippen LogP contribution in [0.2, 0.25) is 0 Å². The maximum Gasteiger partial charge on any atom is 0.260 e. The number of hydrogen-bond acceptors (Lipinski definition) is 4. The Hall–Kier alpha value is -2.01. The zero-order chi connectivity index (χ0) is 12.4. The number of hydrogen-bond donors (Lipinski definition) is 2. The van der Waals surface area contributed by atoms with Gasteiger partial charge in [0.25, 0.3) is 5.56 Å². The Morgan fingerprint density at radius 1 is 1.28 bits per heavy atom. The Morgan fingerprint density at radius 2 is 1.89 bits per heavy atom. The Labute approximate surface area is 110 Å². The van der Waals surface area contributed by atoms with Gasteiger partial charge in [0.05, 0.1) is 18.4 Å². The van der Waals surface area contributed by atoms with Crippen LogP contribution in [-0.4, -0.2) is 17.1 Å². The lowest BCUT2D eigenvalue weighted by molar-refractivity contribution is 0.415. The van der Waals surface area contributed by atoms with E-state index in [0.29, 0.717) is 11.3 Å². The lowest BCUT2D eigenvalue weighted by Crippen LogP contribution is -2.15. The minimum atomic E-state index is -0.236. The summed E-state index contributed by atoms with van der Waals surface area (Å²) >= 11 is 0. The molecule has 6 heteroatoms. The number of aromatic amines is 1. The fourth-order valence-corrected chi connectivity index (χ4v) is 1.71. The maximum atomic E-state index is 11.8. The smallest absolute Gasteiger partial charge is 0.260 e. The van der Waals surface area contributed by atoms with Crippen LogP contribution in [0.25, 0.3) is 11.1 Å². The third kappa shape index (κ3) is 2.62. The highest BCUT2D eigenvalue weighted by Gasteiger charge is 2.09. The van der Waals surface area contributed by atoms with Gasteiger partial charge in [0.2, 0.25) is 5.95 Å². The molecule has 0 radical (unpaired) electrons. The third-order valence-corrected chi connectivity index (χ3v) is 2.50. The highest BCUT2D eigenvalue weighted by Crippen LogP contribution is 2.21. The molecule has 1 heterocycles. The highest BCUT2D eigenvalue weighted by atomic mass is 35.5. The van der Waals surface area contributed by atoms with Crippen LogP contribution in [-0.2, 0) is 0 Å². The van der Waals surface area contributed by atoms with Crippen LogP contribution in [0.4, 0.5) is 5.95 Å². The predicted molar refractivity (Wildman–Crippen MR) is 73.2 cm³/mol. The summed E-state index contributed by atoms with van der Waals surface area (Å²) in [5, 5.41) is 0. The number of aromatic nitrogens is 2. The van der Waals surface area contributed by atoms with E-state index < -0.39 is 0 Å². The van der Waals surface area contributed by atoms with Gasteiger partial charge >= 0.3 is 0 Å². The van der Waals surface area contributed by atoms with Crippen LogP contribution in [0.3, 0.4) is 0 Å². The summed E-state index contributed by atoms with van der Waals surface area (Å²) in [5.74, 6) is 0.871. The molecule has 1 aromatic carbocycles. The SMILES string of the molecule is COc1ccc(-c2c(C)nc(N)[nH]c2=O)cc1.Cl. The molecule has 0 bridgehead atoms. The van der Waals surface area contributed by atoms with Crippen molar-refractivity contribution in [3.63, 3.8) is 0 Å². The summed E-state index contributed by atoms with van der Waals surface area (Å²) in [6.45, 7) is 1.76. The largest absolute Gasteiger partial charge is 0.497 e. The van der Waals surface area contributed by atoms with E-state index in [4.69, 9.17) is 10.5 Å². The van der Waals surface area contributed by atoms with Gasteiger partial charge in [-0.2, -0.15) is 0 Å². The van der Waals surface area contributed by atoms with Crippen molar-refractivity contribution >= 4 is 18.4 Å². The monoisotopic (exact) mass is 267 g/mol. The number of H-pyrrole nitrogens is 1. The molecule has 0 aliphatic carbocycles. The van der Waals surface area contributed by atoms with Crippen LogP contribution in [0, 0.1) is 6.92 Å². The van der Waals surface area contributed by atoms with Crippen LogP contribution in [0.5, 0.6) is 5.75 Å². The first-order valence-corrected chi connectivity index (χ1v) is 5.12. The molecular weight excluding hydrogens is 254 g/mol. The molecule has 3 N–H and O–H groups in total. The number of ether oxygens (including phenoxy) is 1. The molecule has 18 heavy (non-hydrogen) atoms. The van der Waals surface area contributed by atoms with Crippen molar-refractivity contribution in [2.24, 2.45) is 0 Å². The number of benzene rings is 1. The van der Waals surface area contributed by atoms with Crippen molar-refractivity contribution in [3.05, 3.63) is 40.3 Å². The molecule has 0 spiro atoms. The van der Waals surface area contributed by atoms with Gasteiger partial charge in [-0.25, -0.2) is 4.98 Å². The minimum absolute atomic E-state index is 0. The van der Waals surface area contributed by atoms with Crippen molar-refractivity contribution in [3.8, 4) is 16.9 Å². The molecule has 0 saturated carbocycles. The first-order valence-electron chi connectivity index (χ1n) is 5.12. The summed E-state index contributed by atoms with van der Waals surface area (Å²) in [5.41, 5.74) is 7.16. The van der Waals surface area contributed by atoms with Gasteiger partial charge in [-0.15, -0.1) is 12.4 Å². The number of aryl methyl sites for hydroxylation is 1. The second-order valence-electron chi connectivity index (χ2n) is 3.64. The van der Waals surface area contributed by atoms with Crippen molar-refractivity contribution in [1.82, 2.24) is 9.97 Å². The third-order valence-electron chi connectivity index (χ3n) is 2.50. The average molecular weight is 268 g/mol. The highest BCUT2D eigenvalue weighted by molar-refractivity contribution is 5.85. The topological polar surface area (TPSA) is 81.0 Å². The normalized spacial score (nSPS) is 9.67. The molecule has 2 aromatic rings. The van der Waals surface area contributed by atoms with Crippen molar-refractivity contribution in [1.29, 1.82) is 0 Å². The number of anilines is 1. The van der Waals surface area contributed by atoms with Gasteiger partial charge in [0.1, 0.15) is 5.75 Å². The van der Waals surface area contributed by atoms with E-state index >= 15 is 0 Å². The Bertz CT molecular complexity index is 593. The van der Waals surface area contributed by atoms with Crippen LogP contribution < -0.4 is 16.0 Å². The lowest BCUT2D eigenvalue weighted by Gasteiger charge is -2.06. The Balaban J connectivity index is 0.00000162. The van der Waals surface area contributed by atoms with Crippen LogP contribution in [0.1, 0.15) is 5.69 Å². The molecule has 0 unspecified atom stereocenters. The van der Waals surface area contributed by atoms with E-state index in [-0.39, 0.29) is 23.9 Å². The first kappa shape index (κ1) is 14.1. The van der Waals surface area contributed by atoms with Gasteiger partial charge in [0.15, 0.2) is 0 Å². The summed E-state index contributed by atoms with van der Waals surface area (Å²) < 4.78 is 5.06. The van der Waals surface area contributed by atoms with E-state index in [0.717, 1.165) is 11.3 Å². The second-order valence-corrected chi connectivity index (χ2v) is 3.64. The molecule has 2 rings (SSSR count). The van der Waals surface area contributed by atoms with Crippen molar-refractivity contribution in [2.75, 3.05) is 12.8 Å². The molecular formula is C12H14ClN3O2. The van der Waals surface area contributed by atoms with Crippen LogP contribution in [0.15, 0.2) is 29.1 Å².